The number of hydrogen-bond acceptors (Lipinski definition) is 5. The zero-order valence-electron chi connectivity index (χ0n) is 10.7. The molecule has 5 nitrogen and oxygen atoms in total. The van der Waals surface area contributed by atoms with E-state index in [0.717, 1.165) is 23.8 Å². The molecule has 1 aliphatic heterocycles. The predicted octanol–water partition coefficient (Wildman–Crippen LogP) is 2.01. The van der Waals surface area contributed by atoms with Gasteiger partial charge in [-0.05, 0) is 13.0 Å². The van der Waals surface area contributed by atoms with Crippen LogP contribution in [0.2, 0.25) is 0 Å². The van der Waals surface area contributed by atoms with Gasteiger partial charge >= 0.3 is 0 Å². The maximum atomic E-state index is 12.3. The Morgan fingerprint density at radius 1 is 1.37 bits per heavy atom. The summed E-state index contributed by atoms with van der Waals surface area (Å²) >= 11 is 1.63. The third kappa shape index (κ3) is 2.35. The predicted molar refractivity (Wildman–Crippen MR) is 73.7 cm³/mol. The molecule has 0 unspecified atom stereocenters. The number of hydrogen-bond donors (Lipinski definition) is 0. The fraction of sp³-hybridized carbons (Fsp3) is 0.385. The molecule has 19 heavy (non-hydrogen) atoms. The molecule has 1 fully saturated rings. The first-order valence-corrected chi connectivity index (χ1v) is 7.11. The Kier molecular flexibility index (Phi) is 3.25. The molecule has 0 radical (unpaired) electrons. The second-order valence-electron chi connectivity index (χ2n) is 4.53. The van der Waals surface area contributed by atoms with Crippen molar-refractivity contribution in [3.05, 3.63) is 35.2 Å². The third-order valence-corrected chi connectivity index (χ3v) is 4.15. The largest absolute Gasteiger partial charge is 0.459 e. The molecule has 6 heteroatoms. The van der Waals surface area contributed by atoms with E-state index in [0.29, 0.717) is 18.8 Å². The van der Waals surface area contributed by atoms with Crippen molar-refractivity contribution >= 4 is 22.4 Å². The molecule has 1 saturated heterocycles. The minimum atomic E-state index is -0.0127. The molecule has 100 valence electrons. The van der Waals surface area contributed by atoms with Crippen LogP contribution in [0.3, 0.4) is 0 Å². The lowest BCUT2D eigenvalue weighted by atomic mass is 10.2. The molecule has 1 aliphatic rings. The number of carbonyl (C=O) groups is 1. The van der Waals surface area contributed by atoms with Gasteiger partial charge in [-0.2, -0.15) is 0 Å². The van der Waals surface area contributed by atoms with Gasteiger partial charge in [0.15, 0.2) is 10.9 Å². The Labute approximate surface area is 115 Å². The van der Waals surface area contributed by atoms with Gasteiger partial charge in [-0.3, -0.25) is 4.79 Å². The van der Waals surface area contributed by atoms with E-state index in [1.807, 2.05) is 29.5 Å². The van der Waals surface area contributed by atoms with Crippen molar-refractivity contribution in [2.45, 2.75) is 6.92 Å². The topological polar surface area (TPSA) is 49.6 Å². The van der Waals surface area contributed by atoms with Crippen LogP contribution in [-0.2, 0) is 0 Å². The van der Waals surface area contributed by atoms with Gasteiger partial charge < -0.3 is 14.2 Å². The van der Waals surface area contributed by atoms with E-state index in [-0.39, 0.29) is 5.91 Å². The van der Waals surface area contributed by atoms with E-state index in [9.17, 15) is 4.79 Å². The lowest BCUT2D eigenvalue weighted by Gasteiger charge is -2.34. The standard InChI is InChI=1S/C13H15N3O2S/c1-10-2-8-18-11(10)12(17)15-4-6-16(7-5-15)13-14-3-9-19-13/h2-3,8-9H,4-7H2,1H3. The summed E-state index contributed by atoms with van der Waals surface area (Å²) in [6, 6.07) is 1.82. The number of thiazole rings is 1. The number of furan rings is 1. The molecule has 0 saturated carbocycles. The van der Waals surface area contributed by atoms with Crippen molar-refractivity contribution in [3.63, 3.8) is 0 Å². The lowest BCUT2D eigenvalue weighted by molar-refractivity contribution is 0.0713. The van der Waals surface area contributed by atoms with Crippen LogP contribution < -0.4 is 4.90 Å². The summed E-state index contributed by atoms with van der Waals surface area (Å²) in [4.78, 5) is 20.6. The van der Waals surface area contributed by atoms with E-state index in [4.69, 9.17) is 4.42 Å². The van der Waals surface area contributed by atoms with Crippen LogP contribution in [0.4, 0.5) is 5.13 Å². The van der Waals surface area contributed by atoms with Gasteiger partial charge in [-0.15, -0.1) is 11.3 Å². The number of anilines is 1. The Bertz CT molecular complexity index is 556. The number of aromatic nitrogens is 1. The van der Waals surface area contributed by atoms with Crippen LogP contribution in [-0.4, -0.2) is 42.0 Å². The second-order valence-corrected chi connectivity index (χ2v) is 5.40. The third-order valence-electron chi connectivity index (χ3n) is 3.31. The number of rotatable bonds is 2. The Morgan fingerprint density at radius 3 is 2.74 bits per heavy atom. The van der Waals surface area contributed by atoms with E-state index < -0.39 is 0 Å². The normalized spacial score (nSPS) is 15.8. The van der Waals surface area contributed by atoms with Crippen LogP contribution >= 0.6 is 11.3 Å². The Hall–Kier alpha value is -1.82. The van der Waals surface area contributed by atoms with Crippen LogP contribution in [0.15, 0.2) is 28.3 Å². The Balaban J connectivity index is 1.64. The molecule has 1 amide bonds. The van der Waals surface area contributed by atoms with E-state index in [2.05, 4.69) is 9.88 Å². The first-order chi connectivity index (χ1) is 9.25. The number of nitrogens with zero attached hydrogens (tertiary/aromatic N) is 3. The summed E-state index contributed by atoms with van der Waals surface area (Å²) < 4.78 is 5.26. The smallest absolute Gasteiger partial charge is 0.289 e. The highest BCUT2D eigenvalue weighted by atomic mass is 32.1. The van der Waals surface area contributed by atoms with Crippen LogP contribution in [0, 0.1) is 6.92 Å². The second kappa shape index (κ2) is 5.05. The highest BCUT2D eigenvalue weighted by Gasteiger charge is 2.25. The van der Waals surface area contributed by atoms with Crippen molar-refractivity contribution in [2.75, 3.05) is 31.1 Å². The molecule has 0 aliphatic carbocycles. The summed E-state index contributed by atoms with van der Waals surface area (Å²) in [6.45, 7) is 4.94. The minimum absolute atomic E-state index is 0.0127. The molecule has 0 atom stereocenters. The SMILES string of the molecule is Cc1ccoc1C(=O)N1CCN(c2nccs2)CC1. The zero-order chi connectivity index (χ0) is 13.2. The molecular weight excluding hydrogens is 262 g/mol. The fourth-order valence-corrected chi connectivity index (χ4v) is 2.91. The summed E-state index contributed by atoms with van der Waals surface area (Å²) in [5, 5.41) is 3.00. The molecule has 2 aromatic heterocycles. The molecule has 3 rings (SSSR count). The summed E-state index contributed by atoms with van der Waals surface area (Å²) in [5.41, 5.74) is 0.896. The number of aryl methyl sites for hydroxylation is 1. The van der Waals surface area contributed by atoms with Gasteiger partial charge in [-0.1, -0.05) is 0 Å². The van der Waals surface area contributed by atoms with Crippen molar-refractivity contribution in [1.29, 1.82) is 0 Å². The first-order valence-electron chi connectivity index (χ1n) is 6.23. The maximum Gasteiger partial charge on any atom is 0.289 e. The molecule has 2 aromatic rings. The summed E-state index contributed by atoms with van der Waals surface area (Å²) in [7, 11) is 0. The van der Waals surface area contributed by atoms with Gasteiger partial charge in [0.1, 0.15) is 0 Å². The highest BCUT2D eigenvalue weighted by molar-refractivity contribution is 7.13. The van der Waals surface area contributed by atoms with Gasteiger partial charge in [0, 0.05) is 43.3 Å². The van der Waals surface area contributed by atoms with Gasteiger partial charge in [0.2, 0.25) is 0 Å². The van der Waals surface area contributed by atoms with Gasteiger partial charge in [0.05, 0.1) is 6.26 Å². The van der Waals surface area contributed by atoms with Gasteiger partial charge in [-0.25, -0.2) is 4.98 Å². The monoisotopic (exact) mass is 277 g/mol. The lowest BCUT2D eigenvalue weighted by Crippen LogP contribution is -2.48. The van der Waals surface area contributed by atoms with E-state index >= 15 is 0 Å². The number of carbonyl (C=O) groups excluding carboxylic acids is 1. The van der Waals surface area contributed by atoms with Crippen molar-refractivity contribution in [2.24, 2.45) is 0 Å². The van der Waals surface area contributed by atoms with Crippen molar-refractivity contribution in [3.8, 4) is 0 Å². The average molecular weight is 277 g/mol. The molecule has 0 spiro atoms. The number of amides is 1. The maximum absolute atomic E-state index is 12.3. The molecular formula is C13H15N3O2S. The van der Waals surface area contributed by atoms with Crippen molar-refractivity contribution < 1.29 is 9.21 Å². The molecule has 0 N–H and O–H groups in total. The van der Waals surface area contributed by atoms with Gasteiger partial charge in [0.25, 0.3) is 5.91 Å². The van der Waals surface area contributed by atoms with Crippen LogP contribution in [0.5, 0.6) is 0 Å². The van der Waals surface area contributed by atoms with E-state index in [1.165, 1.54) is 0 Å². The zero-order valence-corrected chi connectivity index (χ0v) is 11.5. The van der Waals surface area contributed by atoms with Crippen molar-refractivity contribution in [1.82, 2.24) is 9.88 Å². The molecule has 3 heterocycles. The fourth-order valence-electron chi connectivity index (χ4n) is 2.21. The quantitative estimate of drug-likeness (QED) is 0.842. The average Bonchev–Trinajstić information content (AvgIpc) is 3.09. The molecule has 0 aromatic carbocycles. The van der Waals surface area contributed by atoms with Crippen LogP contribution in [0.1, 0.15) is 16.1 Å². The van der Waals surface area contributed by atoms with Crippen LogP contribution in [0.25, 0.3) is 0 Å². The van der Waals surface area contributed by atoms with E-state index in [1.54, 1.807) is 17.6 Å². The molecule has 0 bridgehead atoms. The number of piperazine rings is 1. The highest BCUT2D eigenvalue weighted by Crippen LogP contribution is 2.20. The summed E-state index contributed by atoms with van der Waals surface area (Å²) in [6.07, 6.45) is 3.37. The minimum Gasteiger partial charge on any atom is -0.459 e. The first kappa shape index (κ1) is 12.2. The summed E-state index contributed by atoms with van der Waals surface area (Å²) in [5.74, 6) is 0.448. The Morgan fingerprint density at radius 2 is 2.16 bits per heavy atom.